The molecule has 0 saturated carbocycles. The van der Waals surface area contributed by atoms with Crippen LogP contribution in [-0.2, 0) is 14.8 Å². The molecule has 2 rings (SSSR count). The molecule has 0 aliphatic rings. The minimum Gasteiger partial charge on any atom is -0.497 e. The molecule has 2 aromatic carbocycles. The lowest BCUT2D eigenvalue weighted by Crippen LogP contribution is -2.37. The van der Waals surface area contributed by atoms with Gasteiger partial charge in [-0.2, -0.15) is 0 Å². The summed E-state index contributed by atoms with van der Waals surface area (Å²) < 4.78 is 41.8. The Morgan fingerprint density at radius 2 is 1.77 bits per heavy atom. The number of para-hydroxylation sites is 2. The van der Waals surface area contributed by atoms with Crippen LogP contribution in [0.3, 0.4) is 0 Å². The first-order valence-corrected chi connectivity index (χ1v) is 11.8. The summed E-state index contributed by atoms with van der Waals surface area (Å²) in [6.07, 6.45) is 1.70. The van der Waals surface area contributed by atoms with E-state index >= 15 is 0 Å². The summed E-state index contributed by atoms with van der Waals surface area (Å²) in [6, 6.07) is 13.9. The van der Waals surface area contributed by atoms with Crippen molar-refractivity contribution in [3.05, 3.63) is 48.5 Å². The first-order valence-electron chi connectivity index (χ1n) is 9.91. The number of sulfonamides is 1. The van der Waals surface area contributed by atoms with Crippen molar-refractivity contribution < 1.29 is 27.4 Å². The highest BCUT2D eigenvalue weighted by molar-refractivity contribution is 7.92. The molecule has 8 nitrogen and oxygen atoms in total. The molecule has 0 fully saturated rings. The van der Waals surface area contributed by atoms with Gasteiger partial charge in [-0.25, -0.2) is 8.42 Å². The molecule has 0 radical (unpaired) electrons. The molecule has 31 heavy (non-hydrogen) atoms. The van der Waals surface area contributed by atoms with Gasteiger partial charge >= 0.3 is 0 Å². The minimum absolute atomic E-state index is 0.171. The average Bonchev–Trinajstić information content (AvgIpc) is 2.74. The van der Waals surface area contributed by atoms with Crippen molar-refractivity contribution in [3.8, 4) is 17.2 Å². The molecule has 1 amide bonds. The van der Waals surface area contributed by atoms with Crippen molar-refractivity contribution in [3.63, 3.8) is 0 Å². The lowest BCUT2D eigenvalue weighted by Gasteiger charge is -2.23. The third kappa shape index (κ3) is 7.67. The van der Waals surface area contributed by atoms with Crippen LogP contribution in [0.1, 0.15) is 19.8 Å². The zero-order chi connectivity index (χ0) is 22.9. The molecule has 1 atom stereocenters. The third-order valence-corrected chi connectivity index (χ3v) is 5.67. The van der Waals surface area contributed by atoms with Crippen LogP contribution < -0.4 is 23.8 Å². The highest BCUT2D eigenvalue weighted by Gasteiger charge is 2.18. The maximum atomic E-state index is 12.3. The van der Waals surface area contributed by atoms with Crippen molar-refractivity contribution in [1.82, 2.24) is 5.32 Å². The first-order chi connectivity index (χ1) is 14.7. The molecule has 0 saturated heterocycles. The first kappa shape index (κ1) is 24.3. The van der Waals surface area contributed by atoms with E-state index in [1.807, 2.05) is 19.1 Å². The highest BCUT2D eigenvalue weighted by atomic mass is 32.2. The van der Waals surface area contributed by atoms with Gasteiger partial charge in [-0.15, -0.1) is 0 Å². The van der Waals surface area contributed by atoms with Gasteiger partial charge in [0.05, 0.1) is 32.2 Å². The lowest BCUT2D eigenvalue weighted by molar-refractivity contribution is -0.121. The number of rotatable bonds is 12. The number of anilines is 1. The standard InChI is InChI=1S/C22H30N2O6S/c1-17(16-30-21-12-6-5-11-20(21)29-3)23-22(25)13-8-14-24(31(4,26)27)18-9-7-10-19(15-18)28-2/h5-7,9-12,15,17H,8,13-14,16H2,1-4H3,(H,23,25). The fourth-order valence-electron chi connectivity index (χ4n) is 2.98. The predicted octanol–water partition coefficient (Wildman–Crippen LogP) is 2.83. The Morgan fingerprint density at radius 1 is 1.06 bits per heavy atom. The maximum Gasteiger partial charge on any atom is 0.232 e. The summed E-state index contributed by atoms with van der Waals surface area (Å²) in [4.78, 5) is 12.3. The van der Waals surface area contributed by atoms with Crippen LogP contribution in [0, 0.1) is 0 Å². The molecule has 170 valence electrons. The van der Waals surface area contributed by atoms with E-state index in [9.17, 15) is 13.2 Å². The van der Waals surface area contributed by atoms with Crippen LogP contribution in [0.2, 0.25) is 0 Å². The maximum absolute atomic E-state index is 12.3. The molecule has 9 heteroatoms. The molecule has 0 aliphatic carbocycles. The molecule has 1 N–H and O–H groups in total. The summed E-state index contributed by atoms with van der Waals surface area (Å²) in [7, 11) is -0.407. The van der Waals surface area contributed by atoms with Gasteiger partial charge in [-0.3, -0.25) is 9.10 Å². The van der Waals surface area contributed by atoms with Crippen LogP contribution in [-0.4, -0.2) is 54.0 Å². The Hall–Kier alpha value is -2.94. The lowest BCUT2D eigenvalue weighted by atomic mass is 10.2. The smallest absolute Gasteiger partial charge is 0.232 e. The van der Waals surface area contributed by atoms with E-state index in [4.69, 9.17) is 14.2 Å². The zero-order valence-electron chi connectivity index (χ0n) is 18.3. The molecule has 0 spiro atoms. The van der Waals surface area contributed by atoms with Crippen LogP contribution in [0.4, 0.5) is 5.69 Å². The predicted molar refractivity (Wildman–Crippen MR) is 121 cm³/mol. The summed E-state index contributed by atoms with van der Waals surface area (Å²) in [5, 5.41) is 2.87. The van der Waals surface area contributed by atoms with Crippen molar-refractivity contribution in [2.24, 2.45) is 0 Å². The van der Waals surface area contributed by atoms with Crippen molar-refractivity contribution >= 4 is 21.6 Å². The number of carbonyl (C=O) groups excluding carboxylic acids is 1. The van der Waals surface area contributed by atoms with Gasteiger partial charge in [0, 0.05) is 19.0 Å². The summed E-state index contributed by atoms with van der Waals surface area (Å²) in [5.41, 5.74) is 0.501. The van der Waals surface area contributed by atoms with Gasteiger partial charge in [-0.1, -0.05) is 18.2 Å². The van der Waals surface area contributed by atoms with Crippen LogP contribution in [0.15, 0.2) is 48.5 Å². The van der Waals surface area contributed by atoms with E-state index < -0.39 is 10.0 Å². The quantitative estimate of drug-likeness (QED) is 0.534. The second-order valence-electron chi connectivity index (χ2n) is 7.07. The Kier molecular flexibility index (Phi) is 8.99. The van der Waals surface area contributed by atoms with E-state index in [1.54, 1.807) is 43.5 Å². The summed E-state index contributed by atoms with van der Waals surface area (Å²) >= 11 is 0. The number of carbonyl (C=O) groups is 1. The van der Waals surface area contributed by atoms with E-state index in [0.717, 1.165) is 6.26 Å². The van der Waals surface area contributed by atoms with E-state index in [1.165, 1.54) is 11.4 Å². The largest absolute Gasteiger partial charge is 0.497 e. The van der Waals surface area contributed by atoms with E-state index in [0.29, 0.717) is 29.4 Å². The third-order valence-electron chi connectivity index (χ3n) is 4.47. The van der Waals surface area contributed by atoms with Gasteiger partial charge in [0.1, 0.15) is 12.4 Å². The number of nitrogens with zero attached hydrogens (tertiary/aromatic N) is 1. The van der Waals surface area contributed by atoms with Gasteiger partial charge in [0.15, 0.2) is 11.5 Å². The Labute approximate surface area is 184 Å². The second-order valence-corrected chi connectivity index (χ2v) is 8.98. The molecule has 0 bridgehead atoms. The number of nitrogens with one attached hydrogen (secondary N) is 1. The Bertz CT molecular complexity index is 964. The molecule has 2 aromatic rings. The number of methoxy groups -OCH3 is 2. The number of hydrogen-bond acceptors (Lipinski definition) is 6. The molecule has 0 heterocycles. The number of hydrogen-bond donors (Lipinski definition) is 1. The average molecular weight is 451 g/mol. The molecular weight excluding hydrogens is 420 g/mol. The van der Waals surface area contributed by atoms with Crippen molar-refractivity contribution in [1.29, 1.82) is 0 Å². The van der Waals surface area contributed by atoms with E-state index in [2.05, 4.69) is 5.32 Å². The Balaban J connectivity index is 1.84. The van der Waals surface area contributed by atoms with E-state index in [-0.39, 0.29) is 31.5 Å². The topological polar surface area (TPSA) is 94.2 Å². The molecule has 0 aliphatic heterocycles. The summed E-state index contributed by atoms with van der Waals surface area (Å²) in [6.45, 7) is 2.31. The summed E-state index contributed by atoms with van der Waals surface area (Å²) in [5.74, 6) is 1.62. The van der Waals surface area contributed by atoms with Gasteiger partial charge in [0.25, 0.3) is 0 Å². The molecule has 0 aromatic heterocycles. The molecular formula is C22H30N2O6S. The van der Waals surface area contributed by atoms with Gasteiger partial charge in [0.2, 0.25) is 15.9 Å². The van der Waals surface area contributed by atoms with Gasteiger partial charge < -0.3 is 19.5 Å². The number of amides is 1. The fraction of sp³-hybridized carbons (Fsp3) is 0.409. The number of benzene rings is 2. The molecule has 1 unspecified atom stereocenters. The van der Waals surface area contributed by atoms with Crippen LogP contribution >= 0.6 is 0 Å². The monoisotopic (exact) mass is 450 g/mol. The highest BCUT2D eigenvalue weighted by Crippen LogP contribution is 2.26. The van der Waals surface area contributed by atoms with Crippen molar-refractivity contribution in [2.75, 3.05) is 37.9 Å². The van der Waals surface area contributed by atoms with Crippen LogP contribution in [0.5, 0.6) is 17.2 Å². The number of ether oxygens (including phenoxy) is 3. The van der Waals surface area contributed by atoms with Crippen LogP contribution in [0.25, 0.3) is 0 Å². The zero-order valence-corrected chi connectivity index (χ0v) is 19.1. The minimum atomic E-state index is -3.50. The normalized spacial score (nSPS) is 12.0. The SMILES string of the molecule is COc1cccc(N(CCCC(=O)NC(C)COc2ccccc2OC)S(C)(=O)=O)c1. The fourth-order valence-corrected chi connectivity index (χ4v) is 3.93. The van der Waals surface area contributed by atoms with Gasteiger partial charge in [-0.05, 0) is 37.6 Å². The Morgan fingerprint density at radius 3 is 2.42 bits per heavy atom. The second kappa shape index (κ2) is 11.5. The van der Waals surface area contributed by atoms with Crippen molar-refractivity contribution in [2.45, 2.75) is 25.8 Å².